The van der Waals surface area contributed by atoms with Gasteiger partial charge in [0.05, 0.1) is 11.5 Å². The molecule has 0 aromatic heterocycles. The highest BCUT2D eigenvalue weighted by Crippen LogP contribution is 2.10. The van der Waals surface area contributed by atoms with Crippen LogP contribution in [0.3, 0.4) is 0 Å². The second-order valence-corrected chi connectivity index (χ2v) is 7.35. The summed E-state index contributed by atoms with van der Waals surface area (Å²) in [6, 6.07) is 12.1. The van der Waals surface area contributed by atoms with E-state index in [4.69, 9.17) is 4.74 Å². The molecule has 0 bridgehead atoms. The lowest BCUT2D eigenvalue weighted by Gasteiger charge is -2.10. The molecule has 0 fully saturated rings. The number of nitrogens with one attached hydrogen (secondary N) is 2. The molecule has 0 aliphatic rings. The number of carbonyl (C=O) groups is 1. The molecule has 8 heteroatoms. The molecule has 0 atom stereocenters. The molecule has 0 aliphatic carbocycles. The quantitative estimate of drug-likeness (QED) is 0.697. The third-order valence-electron chi connectivity index (χ3n) is 3.66. The molecule has 2 N–H and O–H groups in total. The van der Waals surface area contributed by atoms with E-state index in [2.05, 4.69) is 10.0 Å². The number of amides is 1. The Morgan fingerprint density at radius 2 is 1.73 bits per heavy atom. The van der Waals surface area contributed by atoms with Crippen molar-refractivity contribution in [3.63, 3.8) is 0 Å². The molecule has 0 aliphatic heterocycles. The van der Waals surface area contributed by atoms with Crippen LogP contribution < -0.4 is 10.0 Å². The summed E-state index contributed by atoms with van der Waals surface area (Å²) in [5.41, 5.74) is 1.92. The van der Waals surface area contributed by atoms with Gasteiger partial charge in [-0.3, -0.25) is 4.79 Å². The molecule has 26 heavy (non-hydrogen) atoms. The van der Waals surface area contributed by atoms with Gasteiger partial charge >= 0.3 is 0 Å². The molecule has 0 saturated carbocycles. The monoisotopic (exact) mass is 380 g/mol. The molecule has 6 nitrogen and oxygen atoms in total. The standard InChI is InChI=1S/C18H21FN2O4S/c1-25-13-15-5-3-2-4-14(15)12-20-18(22)10-11-21-26(23,24)17-8-6-16(19)7-9-17/h2-9,21H,10-13H2,1H3,(H,20,22). The first-order valence-electron chi connectivity index (χ1n) is 8.00. The first kappa shape index (κ1) is 20.0. The Balaban J connectivity index is 1.81. The van der Waals surface area contributed by atoms with Crippen molar-refractivity contribution in [3.8, 4) is 0 Å². The fourth-order valence-corrected chi connectivity index (χ4v) is 3.34. The first-order chi connectivity index (χ1) is 12.4. The van der Waals surface area contributed by atoms with Crippen molar-refractivity contribution >= 4 is 15.9 Å². The van der Waals surface area contributed by atoms with E-state index in [1.54, 1.807) is 7.11 Å². The molecule has 0 radical (unpaired) electrons. The van der Waals surface area contributed by atoms with E-state index >= 15 is 0 Å². The molecular formula is C18H21FN2O4S. The van der Waals surface area contributed by atoms with Crippen LogP contribution in [0.1, 0.15) is 17.5 Å². The van der Waals surface area contributed by atoms with Crippen LogP contribution in [-0.4, -0.2) is 28.0 Å². The fourth-order valence-electron chi connectivity index (χ4n) is 2.30. The van der Waals surface area contributed by atoms with Crippen LogP contribution in [0, 0.1) is 5.82 Å². The predicted octanol–water partition coefficient (Wildman–Crippen LogP) is 1.96. The molecule has 0 spiro atoms. The molecule has 2 rings (SSSR count). The van der Waals surface area contributed by atoms with Crippen LogP contribution >= 0.6 is 0 Å². The summed E-state index contributed by atoms with van der Waals surface area (Å²) >= 11 is 0. The second kappa shape index (κ2) is 9.42. The van der Waals surface area contributed by atoms with E-state index in [0.29, 0.717) is 13.2 Å². The lowest BCUT2D eigenvalue weighted by molar-refractivity contribution is -0.121. The number of halogens is 1. The van der Waals surface area contributed by atoms with Gasteiger partial charge < -0.3 is 10.1 Å². The van der Waals surface area contributed by atoms with Crippen LogP contribution in [0.5, 0.6) is 0 Å². The number of hydrogen-bond acceptors (Lipinski definition) is 4. The number of methoxy groups -OCH3 is 1. The summed E-state index contributed by atoms with van der Waals surface area (Å²) in [5, 5.41) is 2.75. The number of hydrogen-bond donors (Lipinski definition) is 2. The average molecular weight is 380 g/mol. The SMILES string of the molecule is COCc1ccccc1CNC(=O)CCNS(=O)(=O)c1ccc(F)cc1. The van der Waals surface area contributed by atoms with Crippen LogP contribution in [0.25, 0.3) is 0 Å². The van der Waals surface area contributed by atoms with Gasteiger partial charge in [-0.25, -0.2) is 17.5 Å². The zero-order chi connectivity index (χ0) is 19.0. The van der Waals surface area contributed by atoms with Crippen molar-refractivity contribution < 1.29 is 22.3 Å². The van der Waals surface area contributed by atoms with Gasteiger partial charge in [-0.15, -0.1) is 0 Å². The largest absolute Gasteiger partial charge is 0.380 e. The van der Waals surface area contributed by atoms with Gasteiger partial charge in [0.25, 0.3) is 0 Å². The zero-order valence-electron chi connectivity index (χ0n) is 14.4. The van der Waals surface area contributed by atoms with Gasteiger partial charge in [0.15, 0.2) is 0 Å². The van der Waals surface area contributed by atoms with Crippen molar-refractivity contribution in [2.24, 2.45) is 0 Å². The van der Waals surface area contributed by atoms with E-state index in [0.717, 1.165) is 23.3 Å². The zero-order valence-corrected chi connectivity index (χ0v) is 15.2. The predicted molar refractivity (Wildman–Crippen MR) is 95.2 cm³/mol. The Bertz CT molecular complexity index is 839. The molecule has 140 valence electrons. The maximum Gasteiger partial charge on any atom is 0.240 e. The summed E-state index contributed by atoms with van der Waals surface area (Å²) in [6.45, 7) is 0.734. The normalized spacial score (nSPS) is 11.3. The van der Waals surface area contributed by atoms with E-state index in [-0.39, 0.29) is 23.8 Å². The molecule has 2 aromatic rings. The summed E-state index contributed by atoms with van der Waals surface area (Å²) in [6.07, 6.45) is -0.00707. The van der Waals surface area contributed by atoms with E-state index in [1.165, 1.54) is 12.1 Å². The van der Waals surface area contributed by atoms with Gasteiger partial charge in [0.2, 0.25) is 15.9 Å². The maximum absolute atomic E-state index is 12.9. The molecule has 0 unspecified atom stereocenters. The summed E-state index contributed by atoms with van der Waals surface area (Å²) < 4.78 is 44.4. The Kier molecular flexibility index (Phi) is 7.26. The molecule has 0 saturated heterocycles. The van der Waals surface area contributed by atoms with Crippen molar-refractivity contribution in [2.45, 2.75) is 24.5 Å². The number of rotatable bonds is 9. The maximum atomic E-state index is 12.9. The van der Waals surface area contributed by atoms with E-state index in [9.17, 15) is 17.6 Å². The number of sulfonamides is 1. The van der Waals surface area contributed by atoms with Crippen molar-refractivity contribution in [1.29, 1.82) is 0 Å². The first-order valence-corrected chi connectivity index (χ1v) is 9.48. The second-order valence-electron chi connectivity index (χ2n) is 5.58. The van der Waals surface area contributed by atoms with Gasteiger partial charge in [-0.05, 0) is 35.4 Å². The van der Waals surface area contributed by atoms with Crippen molar-refractivity contribution in [3.05, 3.63) is 65.5 Å². The highest BCUT2D eigenvalue weighted by atomic mass is 32.2. The topological polar surface area (TPSA) is 84.5 Å². The number of benzene rings is 2. The summed E-state index contributed by atoms with van der Waals surface area (Å²) in [4.78, 5) is 11.9. The Morgan fingerprint density at radius 3 is 2.38 bits per heavy atom. The summed E-state index contributed by atoms with van der Waals surface area (Å²) in [7, 11) is -2.17. The Labute approximate surface area is 152 Å². The number of carbonyl (C=O) groups excluding carboxylic acids is 1. The van der Waals surface area contributed by atoms with Gasteiger partial charge in [0.1, 0.15) is 5.82 Å². The van der Waals surface area contributed by atoms with Crippen LogP contribution in [-0.2, 0) is 32.7 Å². The third-order valence-corrected chi connectivity index (χ3v) is 5.14. The third kappa shape index (κ3) is 5.91. The van der Waals surface area contributed by atoms with Crippen molar-refractivity contribution in [1.82, 2.24) is 10.0 Å². The summed E-state index contributed by atoms with van der Waals surface area (Å²) in [5.74, 6) is -0.795. The van der Waals surface area contributed by atoms with E-state index in [1.807, 2.05) is 24.3 Å². The van der Waals surface area contributed by atoms with Crippen LogP contribution in [0.2, 0.25) is 0 Å². The number of ether oxygens (including phenoxy) is 1. The minimum absolute atomic E-state index is 0.00707. The highest BCUT2D eigenvalue weighted by molar-refractivity contribution is 7.89. The Morgan fingerprint density at radius 1 is 1.08 bits per heavy atom. The average Bonchev–Trinajstić information content (AvgIpc) is 2.61. The van der Waals surface area contributed by atoms with Crippen LogP contribution in [0.15, 0.2) is 53.4 Å². The molecule has 0 heterocycles. The van der Waals surface area contributed by atoms with Crippen LogP contribution in [0.4, 0.5) is 4.39 Å². The fraction of sp³-hybridized carbons (Fsp3) is 0.278. The van der Waals surface area contributed by atoms with Gasteiger partial charge in [-0.1, -0.05) is 24.3 Å². The highest BCUT2D eigenvalue weighted by Gasteiger charge is 2.14. The van der Waals surface area contributed by atoms with Gasteiger partial charge in [-0.2, -0.15) is 0 Å². The lowest BCUT2D eigenvalue weighted by atomic mass is 10.1. The van der Waals surface area contributed by atoms with Crippen molar-refractivity contribution in [2.75, 3.05) is 13.7 Å². The molecule has 1 amide bonds. The molecule has 2 aromatic carbocycles. The Hall–Kier alpha value is -2.29. The minimum Gasteiger partial charge on any atom is -0.380 e. The lowest BCUT2D eigenvalue weighted by Crippen LogP contribution is -2.30. The minimum atomic E-state index is -3.77. The smallest absolute Gasteiger partial charge is 0.240 e. The van der Waals surface area contributed by atoms with Gasteiger partial charge in [0, 0.05) is 26.6 Å². The molecular weight excluding hydrogens is 359 g/mol. The van der Waals surface area contributed by atoms with E-state index < -0.39 is 15.8 Å².